The summed E-state index contributed by atoms with van der Waals surface area (Å²) in [6.45, 7) is 4.60. The fraction of sp³-hybridized carbons (Fsp3) is 0.125. The molecule has 0 saturated heterocycles. The summed E-state index contributed by atoms with van der Waals surface area (Å²) in [6, 6.07) is 22.9. The first kappa shape index (κ1) is 18.3. The Hall–Kier alpha value is -3.51. The molecular weight excluding hydrogens is 336 g/mol. The van der Waals surface area contributed by atoms with Gasteiger partial charge in [0.05, 0.1) is 6.61 Å². The van der Waals surface area contributed by atoms with Gasteiger partial charge in [-0.3, -0.25) is 0 Å². The van der Waals surface area contributed by atoms with E-state index >= 15 is 0 Å². The number of hydrogen-bond acceptors (Lipinski definition) is 3. The smallest absolute Gasteiger partial charge is 0.390 e. The molecule has 0 aliphatic heterocycles. The van der Waals surface area contributed by atoms with Crippen molar-refractivity contribution in [2.24, 2.45) is 0 Å². The van der Waals surface area contributed by atoms with Crippen molar-refractivity contribution in [3.8, 4) is 34.5 Å². The second kappa shape index (κ2) is 8.73. The van der Waals surface area contributed by atoms with Crippen molar-refractivity contribution in [3.63, 3.8) is 0 Å². The molecule has 3 aromatic carbocycles. The summed E-state index contributed by atoms with van der Waals surface area (Å²) in [6.07, 6.45) is 0. The topological polar surface area (TPSA) is 35.5 Å². The van der Waals surface area contributed by atoms with Crippen LogP contribution in [-0.2, 0) is 4.79 Å². The quantitative estimate of drug-likeness (QED) is 0.374. The predicted molar refractivity (Wildman–Crippen MR) is 107 cm³/mol. The number of carbonyl (C=O) groups is 1. The molecular formula is C24H20O3. The molecule has 3 aromatic rings. The molecule has 3 heteroatoms. The Morgan fingerprint density at radius 3 is 1.93 bits per heavy atom. The number of esters is 1. The van der Waals surface area contributed by atoms with E-state index in [1.165, 1.54) is 0 Å². The zero-order valence-corrected chi connectivity index (χ0v) is 15.4. The third-order valence-electron chi connectivity index (χ3n) is 3.92. The van der Waals surface area contributed by atoms with Crippen LogP contribution in [-0.4, -0.2) is 12.6 Å². The number of benzene rings is 3. The minimum Gasteiger partial charge on any atom is -0.494 e. The summed E-state index contributed by atoms with van der Waals surface area (Å²) in [4.78, 5) is 11.9. The van der Waals surface area contributed by atoms with Gasteiger partial charge < -0.3 is 9.47 Å². The van der Waals surface area contributed by atoms with Gasteiger partial charge in [-0.25, -0.2) is 4.79 Å². The fourth-order valence-electron chi connectivity index (χ4n) is 2.52. The van der Waals surface area contributed by atoms with Crippen molar-refractivity contribution in [1.29, 1.82) is 0 Å². The number of ether oxygens (including phenoxy) is 2. The van der Waals surface area contributed by atoms with Gasteiger partial charge >= 0.3 is 5.97 Å². The molecule has 0 N–H and O–H groups in total. The predicted octanol–water partition coefficient (Wildman–Crippen LogP) is 5.02. The average molecular weight is 356 g/mol. The van der Waals surface area contributed by atoms with Crippen molar-refractivity contribution >= 4 is 5.97 Å². The molecule has 0 spiro atoms. The highest BCUT2D eigenvalue weighted by Gasteiger charge is 2.03. The molecule has 3 rings (SSSR count). The molecule has 0 radical (unpaired) electrons. The van der Waals surface area contributed by atoms with E-state index in [9.17, 15) is 4.79 Å². The third kappa shape index (κ3) is 5.23. The normalized spacial score (nSPS) is 9.85. The van der Waals surface area contributed by atoms with Crippen LogP contribution < -0.4 is 9.47 Å². The van der Waals surface area contributed by atoms with Gasteiger partial charge in [0.2, 0.25) is 0 Å². The number of aryl methyl sites for hydroxylation is 1. The van der Waals surface area contributed by atoms with E-state index in [0.29, 0.717) is 12.4 Å². The van der Waals surface area contributed by atoms with E-state index in [2.05, 4.69) is 11.8 Å². The molecule has 0 fully saturated rings. The van der Waals surface area contributed by atoms with E-state index in [1.54, 1.807) is 12.1 Å². The molecule has 0 unspecified atom stereocenters. The maximum absolute atomic E-state index is 11.9. The lowest BCUT2D eigenvalue weighted by Gasteiger charge is -2.06. The monoisotopic (exact) mass is 356 g/mol. The van der Waals surface area contributed by atoms with Crippen molar-refractivity contribution in [2.75, 3.05) is 6.61 Å². The van der Waals surface area contributed by atoms with E-state index in [-0.39, 0.29) is 0 Å². The van der Waals surface area contributed by atoms with Crippen LogP contribution in [0.3, 0.4) is 0 Å². The van der Waals surface area contributed by atoms with Crippen LogP contribution in [0.25, 0.3) is 11.1 Å². The van der Waals surface area contributed by atoms with Gasteiger partial charge in [-0.15, -0.1) is 0 Å². The van der Waals surface area contributed by atoms with Gasteiger partial charge in [0.25, 0.3) is 0 Å². The van der Waals surface area contributed by atoms with Crippen molar-refractivity contribution in [2.45, 2.75) is 13.8 Å². The SMILES string of the molecule is CCOc1ccc(-c2ccc(OC(=O)C#Cc3ccc(C)cc3)cc2)cc1. The first-order valence-corrected chi connectivity index (χ1v) is 8.78. The maximum Gasteiger partial charge on any atom is 0.390 e. The maximum atomic E-state index is 11.9. The molecule has 0 aliphatic carbocycles. The van der Waals surface area contributed by atoms with Crippen LogP contribution in [0.5, 0.6) is 11.5 Å². The first-order valence-electron chi connectivity index (χ1n) is 8.78. The number of hydrogen-bond donors (Lipinski definition) is 0. The zero-order chi connectivity index (χ0) is 19.1. The van der Waals surface area contributed by atoms with Gasteiger partial charge in [-0.2, -0.15) is 0 Å². The summed E-state index contributed by atoms with van der Waals surface area (Å²) in [5, 5.41) is 0. The lowest BCUT2D eigenvalue weighted by molar-refractivity contribution is -0.128. The standard InChI is InChI=1S/C24H20O3/c1-3-26-22-13-9-20(10-14-22)21-11-15-23(16-12-21)27-24(25)17-8-19-6-4-18(2)5-7-19/h4-7,9-16H,3H2,1-2H3. The summed E-state index contributed by atoms with van der Waals surface area (Å²) in [5.74, 6) is 6.05. The molecule has 0 bridgehead atoms. The number of carbonyl (C=O) groups excluding carboxylic acids is 1. The Kier molecular flexibility index (Phi) is 5.91. The Labute approximate surface area is 159 Å². The first-order chi connectivity index (χ1) is 13.1. The van der Waals surface area contributed by atoms with Crippen LogP contribution in [0, 0.1) is 18.8 Å². The van der Waals surface area contributed by atoms with Gasteiger partial charge in [-0.1, -0.05) is 47.9 Å². The van der Waals surface area contributed by atoms with E-state index in [1.807, 2.05) is 74.5 Å². The zero-order valence-electron chi connectivity index (χ0n) is 15.4. The Morgan fingerprint density at radius 2 is 1.37 bits per heavy atom. The summed E-state index contributed by atoms with van der Waals surface area (Å²) in [7, 11) is 0. The molecule has 0 aliphatic rings. The summed E-state index contributed by atoms with van der Waals surface area (Å²) >= 11 is 0. The number of rotatable bonds is 4. The highest BCUT2D eigenvalue weighted by Crippen LogP contribution is 2.24. The van der Waals surface area contributed by atoms with Crippen LogP contribution in [0.15, 0.2) is 72.8 Å². The van der Waals surface area contributed by atoms with Gasteiger partial charge in [-0.05, 0) is 61.4 Å². The molecule has 0 heterocycles. The van der Waals surface area contributed by atoms with E-state index in [0.717, 1.165) is 28.0 Å². The lowest BCUT2D eigenvalue weighted by atomic mass is 10.1. The lowest BCUT2D eigenvalue weighted by Crippen LogP contribution is -2.04. The van der Waals surface area contributed by atoms with Crippen molar-refractivity contribution < 1.29 is 14.3 Å². The van der Waals surface area contributed by atoms with E-state index < -0.39 is 5.97 Å². The third-order valence-corrected chi connectivity index (χ3v) is 3.92. The summed E-state index contributed by atoms with van der Waals surface area (Å²) in [5.41, 5.74) is 4.03. The molecule has 134 valence electrons. The van der Waals surface area contributed by atoms with Crippen molar-refractivity contribution in [1.82, 2.24) is 0 Å². The minimum atomic E-state index is -0.579. The average Bonchev–Trinajstić information content (AvgIpc) is 2.69. The largest absolute Gasteiger partial charge is 0.494 e. The molecule has 0 aromatic heterocycles. The highest BCUT2D eigenvalue weighted by atomic mass is 16.5. The Morgan fingerprint density at radius 1 is 0.815 bits per heavy atom. The molecule has 0 atom stereocenters. The van der Waals surface area contributed by atoms with Crippen LogP contribution in [0.2, 0.25) is 0 Å². The van der Waals surface area contributed by atoms with Gasteiger partial charge in [0.1, 0.15) is 11.5 Å². The Bertz CT molecular complexity index is 957. The molecule has 3 nitrogen and oxygen atoms in total. The fourth-order valence-corrected chi connectivity index (χ4v) is 2.52. The molecule has 27 heavy (non-hydrogen) atoms. The highest BCUT2D eigenvalue weighted by molar-refractivity contribution is 5.90. The van der Waals surface area contributed by atoms with Gasteiger partial charge in [0.15, 0.2) is 0 Å². The second-order valence-electron chi connectivity index (χ2n) is 5.99. The van der Waals surface area contributed by atoms with Crippen LogP contribution >= 0.6 is 0 Å². The van der Waals surface area contributed by atoms with Crippen LogP contribution in [0.1, 0.15) is 18.1 Å². The van der Waals surface area contributed by atoms with Crippen LogP contribution in [0.4, 0.5) is 0 Å². The Balaban J connectivity index is 1.63. The second-order valence-corrected chi connectivity index (χ2v) is 5.99. The molecule has 0 amide bonds. The van der Waals surface area contributed by atoms with E-state index in [4.69, 9.17) is 9.47 Å². The van der Waals surface area contributed by atoms with Crippen molar-refractivity contribution in [3.05, 3.63) is 83.9 Å². The van der Waals surface area contributed by atoms with Gasteiger partial charge in [0, 0.05) is 11.5 Å². The molecule has 0 saturated carbocycles. The minimum absolute atomic E-state index is 0.466. The summed E-state index contributed by atoms with van der Waals surface area (Å²) < 4.78 is 10.7.